The Bertz CT molecular complexity index is 451. The van der Waals surface area contributed by atoms with Crippen molar-refractivity contribution in [3.8, 4) is 0 Å². The third kappa shape index (κ3) is 3.33. The number of ether oxygens (including phenoxy) is 1. The van der Waals surface area contributed by atoms with Gasteiger partial charge in [0.25, 0.3) is 0 Å². The van der Waals surface area contributed by atoms with Crippen molar-refractivity contribution in [2.75, 3.05) is 19.0 Å². The Morgan fingerprint density at radius 2 is 2.22 bits per heavy atom. The molecule has 0 radical (unpaired) electrons. The van der Waals surface area contributed by atoms with Crippen molar-refractivity contribution in [3.63, 3.8) is 0 Å². The van der Waals surface area contributed by atoms with Gasteiger partial charge in [-0.05, 0) is 13.0 Å². The number of hydrogen-bond donors (Lipinski definition) is 1. The molecule has 1 atom stereocenters. The molecule has 0 fully saturated rings. The number of anilines is 1. The Balaban J connectivity index is 1.91. The Kier molecular flexibility index (Phi) is 4.35. The van der Waals surface area contributed by atoms with Gasteiger partial charge >= 0.3 is 0 Å². The van der Waals surface area contributed by atoms with E-state index in [1.54, 1.807) is 19.5 Å². The Hall–Kier alpha value is -1.82. The van der Waals surface area contributed by atoms with Crippen LogP contribution in [0.2, 0.25) is 0 Å². The van der Waals surface area contributed by atoms with E-state index in [1.165, 1.54) is 0 Å². The second kappa shape index (κ2) is 6.20. The topological polar surface area (TPSA) is 56.9 Å². The van der Waals surface area contributed by atoms with Crippen molar-refractivity contribution in [3.05, 3.63) is 30.9 Å². The van der Waals surface area contributed by atoms with Crippen LogP contribution < -0.4 is 5.32 Å². The molecule has 18 heavy (non-hydrogen) atoms. The van der Waals surface area contributed by atoms with Gasteiger partial charge in [-0.2, -0.15) is 5.10 Å². The summed E-state index contributed by atoms with van der Waals surface area (Å²) >= 11 is 0. The molecule has 0 amide bonds. The van der Waals surface area contributed by atoms with Crippen LogP contribution in [0.25, 0.3) is 0 Å². The fourth-order valence-electron chi connectivity index (χ4n) is 1.78. The van der Waals surface area contributed by atoms with E-state index >= 15 is 0 Å². The van der Waals surface area contributed by atoms with E-state index in [0.29, 0.717) is 6.61 Å². The first-order chi connectivity index (χ1) is 8.79. The third-order valence-electron chi connectivity index (χ3n) is 2.64. The van der Waals surface area contributed by atoms with E-state index in [4.69, 9.17) is 4.74 Å². The summed E-state index contributed by atoms with van der Waals surface area (Å²) in [5.41, 5.74) is 0. The third-order valence-corrected chi connectivity index (χ3v) is 2.64. The van der Waals surface area contributed by atoms with Crippen LogP contribution >= 0.6 is 0 Å². The molecule has 0 aliphatic rings. The molecule has 0 saturated carbocycles. The van der Waals surface area contributed by atoms with Crippen LogP contribution in [0.4, 0.5) is 5.95 Å². The van der Waals surface area contributed by atoms with Crippen LogP contribution in [0.15, 0.2) is 30.9 Å². The average Bonchev–Trinajstić information content (AvgIpc) is 2.97. The monoisotopic (exact) mass is 249 g/mol. The Labute approximate surface area is 107 Å². The van der Waals surface area contributed by atoms with Gasteiger partial charge in [-0.25, -0.2) is 4.98 Å². The number of rotatable bonds is 7. The maximum absolute atomic E-state index is 5.10. The molecule has 6 nitrogen and oxygen atoms in total. The van der Waals surface area contributed by atoms with Gasteiger partial charge in [0.1, 0.15) is 0 Å². The SMILES string of the molecule is COCC(C)Nc1nccn1CCn1cccn1. The zero-order valence-corrected chi connectivity index (χ0v) is 10.8. The second-order valence-corrected chi connectivity index (χ2v) is 4.21. The lowest BCUT2D eigenvalue weighted by atomic mass is 10.4. The lowest BCUT2D eigenvalue weighted by Gasteiger charge is -2.15. The van der Waals surface area contributed by atoms with E-state index in [2.05, 4.69) is 26.9 Å². The summed E-state index contributed by atoms with van der Waals surface area (Å²) in [7, 11) is 1.70. The summed E-state index contributed by atoms with van der Waals surface area (Å²) < 4.78 is 9.08. The number of nitrogens with zero attached hydrogens (tertiary/aromatic N) is 4. The summed E-state index contributed by atoms with van der Waals surface area (Å²) in [4.78, 5) is 4.30. The summed E-state index contributed by atoms with van der Waals surface area (Å²) in [6.45, 7) is 4.39. The highest BCUT2D eigenvalue weighted by atomic mass is 16.5. The van der Waals surface area contributed by atoms with Crippen LogP contribution in [0.5, 0.6) is 0 Å². The molecule has 1 unspecified atom stereocenters. The van der Waals surface area contributed by atoms with Crippen LogP contribution in [0.3, 0.4) is 0 Å². The zero-order valence-electron chi connectivity index (χ0n) is 10.8. The smallest absolute Gasteiger partial charge is 0.203 e. The quantitative estimate of drug-likeness (QED) is 0.801. The van der Waals surface area contributed by atoms with Crippen molar-refractivity contribution < 1.29 is 4.74 Å². The van der Waals surface area contributed by atoms with Gasteiger partial charge in [0.2, 0.25) is 5.95 Å². The summed E-state index contributed by atoms with van der Waals surface area (Å²) in [6, 6.07) is 2.16. The maximum atomic E-state index is 5.10. The molecule has 0 spiro atoms. The summed E-state index contributed by atoms with van der Waals surface area (Å²) in [5, 5.41) is 7.50. The molecule has 0 aliphatic carbocycles. The average molecular weight is 249 g/mol. The van der Waals surface area contributed by atoms with Crippen molar-refractivity contribution >= 4 is 5.95 Å². The van der Waals surface area contributed by atoms with Crippen LogP contribution in [0, 0.1) is 0 Å². The van der Waals surface area contributed by atoms with Crippen molar-refractivity contribution in [1.82, 2.24) is 19.3 Å². The van der Waals surface area contributed by atoms with Gasteiger partial charge < -0.3 is 14.6 Å². The van der Waals surface area contributed by atoms with Crippen molar-refractivity contribution in [2.24, 2.45) is 0 Å². The minimum atomic E-state index is 0.237. The highest BCUT2D eigenvalue weighted by molar-refractivity contribution is 5.27. The molecule has 1 N–H and O–H groups in total. The zero-order chi connectivity index (χ0) is 12.8. The predicted octanol–water partition coefficient (Wildman–Crippen LogP) is 1.23. The number of methoxy groups -OCH3 is 1. The highest BCUT2D eigenvalue weighted by Gasteiger charge is 2.06. The van der Waals surface area contributed by atoms with Crippen molar-refractivity contribution in [1.29, 1.82) is 0 Å². The van der Waals surface area contributed by atoms with Gasteiger partial charge in [-0.15, -0.1) is 0 Å². The number of aryl methyl sites for hydroxylation is 2. The number of aromatic nitrogens is 4. The van der Waals surface area contributed by atoms with Crippen LogP contribution in [-0.2, 0) is 17.8 Å². The summed E-state index contributed by atoms with van der Waals surface area (Å²) in [5.74, 6) is 0.867. The fraction of sp³-hybridized carbons (Fsp3) is 0.500. The van der Waals surface area contributed by atoms with Gasteiger partial charge in [0.15, 0.2) is 0 Å². The molecule has 98 valence electrons. The lowest BCUT2D eigenvalue weighted by molar-refractivity contribution is 0.190. The predicted molar refractivity (Wildman–Crippen MR) is 69.4 cm³/mol. The van der Waals surface area contributed by atoms with Gasteiger partial charge in [-0.1, -0.05) is 0 Å². The number of nitrogens with one attached hydrogen (secondary N) is 1. The molecule has 0 aromatic carbocycles. The van der Waals surface area contributed by atoms with E-state index in [1.807, 2.05) is 23.1 Å². The largest absolute Gasteiger partial charge is 0.383 e. The van der Waals surface area contributed by atoms with Crippen LogP contribution in [-0.4, -0.2) is 39.1 Å². The number of hydrogen-bond acceptors (Lipinski definition) is 4. The number of imidazole rings is 1. The molecule has 6 heteroatoms. The van der Waals surface area contributed by atoms with Crippen molar-refractivity contribution in [2.45, 2.75) is 26.1 Å². The highest BCUT2D eigenvalue weighted by Crippen LogP contribution is 2.06. The molecule has 2 aromatic rings. The van der Waals surface area contributed by atoms with Crippen LogP contribution in [0.1, 0.15) is 6.92 Å². The minimum Gasteiger partial charge on any atom is -0.383 e. The van der Waals surface area contributed by atoms with E-state index in [0.717, 1.165) is 19.0 Å². The molecule has 2 aromatic heterocycles. The van der Waals surface area contributed by atoms with E-state index in [-0.39, 0.29) is 6.04 Å². The normalized spacial score (nSPS) is 12.6. The Morgan fingerprint density at radius 3 is 2.94 bits per heavy atom. The molecule has 0 aliphatic heterocycles. The molecule has 0 saturated heterocycles. The fourth-order valence-corrected chi connectivity index (χ4v) is 1.78. The minimum absolute atomic E-state index is 0.237. The van der Waals surface area contributed by atoms with Gasteiger partial charge in [0, 0.05) is 44.5 Å². The standard InChI is InChI=1S/C12H19N5O/c1-11(10-18-2)15-12-13-5-7-16(12)8-9-17-6-3-4-14-17/h3-7,11H,8-10H2,1-2H3,(H,13,15). The van der Waals surface area contributed by atoms with Gasteiger partial charge in [0.05, 0.1) is 13.2 Å². The molecule has 0 bridgehead atoms. The molecular formula is C12H19N5O. The second-order valence-electron chi connectivity index (χ2n) is 4.21. The Morgan fingerprint density at radius 1 is 1.33 bits per heavy atom. The molecular weight excluding hydrogens is 230 g/mol. The lowest BCUT2D eigenvalue weighted by Crippen LogP contribution is -2.23. The maximum Gasteiger partial charge on any atom is 0.203 e. The first-order valence-electron chi connectivity index (χ1n) is 6.03. The van der Waals surface area contributed by atoms with Gasteiger partial charge in [-0.3, -0.25) is 4.68 Å². The molecule has 2 rings (SSSR count). The first kappa shape index (κ1) is 12.6. The summed E-state index contributed by atoms with van der Waals surface area (Å²) in [6.07, 6.45) is 7.50. The molecule has 2 heterocycles. The first-order valence-corrected chi connectivity index (χ1v) is 6.03. The van der Waals surface area contributed by atoms with E-state index in [9.17, 15) is 0 Å². The van der Waals surface area contributed by atoms with E-state index < -0.39 is 0 Å².